The van der Waals surface area contributed by atoms with E-state index >= 15 is 0 Å². The molecule has 2 N–H and O–H groups in total. The minimum absolute atomic E-state index is 0.113. The predicted molar refractivity (Wildman–Crippen MR) is 64.7 cm³/mol. The molecule has 1 atom stereocenters. The summed E-state index contributed by atoms with van der Waals surface area (Å²) >= 11 is 3.93. The number of rotatable bonds is 3. The molecule has 0 bridgehead atoms. The second-order valence-corrected chi connectivity index (χ2v) is 5.23. The topological polar surface area (TPSA) is 62.2 Å². The molecule has 0 aromatic carbocycles. The molecule has 5 heteroatoms. The molecule has 88 valence electrons. The fourth-order valence-electron chi connectivity index (χ4n) is 0.985. The SMILES string of the molecule is CC(C)[C@@H](NC(=O)OC(C)(C)C)C(=N)S. The van der Waals surface area contributed by atoms with Crippen LogP contribution in [-0.4, -0.2) is 22.8 Å². The fourth-order valence-corrected chi connectivity index (χ4v) is 1.35. The van der Waals surface area contributed by atoms with Gasteiger partial charge in [-0.3, -0.25) is 5.41 Å². The zero-order valence-electron chi connectivity index (χ0n) is 9.92. The molecule has 0 aliphatic heterocycles. The molecule has 0 saturated heterocycles. The zero-order chi connectivity index (χ0) is 12.2. The summed E-state index contributed by atoms with van der Waals surface area (Å²) in [5.74, 6) is 0.113. The number of carbonyl (C=O) groups is 1. The number of alkyl carbamates (subject to hydrolysis) is 1. The standard InChI is InChI=1S/C10H20N2O2S/c1-6(2)7(8(11)15)12-9(13)14-10(3,4)5/h6-7H,1-5H3,(H2,11,15)(H,12,13)/t7-/m1/s1. The lowest BCUT2D eigenvalue weighted by Gasteiger charge is -2.24. The van der Waals surface area contributed by atoms with E-state index in [1.807, 2.05) is 13.8 Å². The minimum atomic E-state index is -0.523. The molecule has 0 aromatic heterocycles. The smallest absolute Gasteiger partial charge is 0.408 e. The van der Waals surface area contributed by atoms with Gasteiger partial charge in [0.2, 0.25) is 0 Å². The molecule has 0 aliphatic carbocycles. The van der Waals surface area contributed by atoms with Crippen LogP contribution < -0.4 is 5.32 Å². The van der Waals surface area contributed by atoms with Gasteiger partial charge in [0.15, 0.2) is 0 Å². The largest absolute Gasteiger partial charge is 0.444 e. The van der Waals surface area contributed by atoms with Crippen LogP contribution in [0, 0.1) is 11.3 Å². The third-order valence-electron chi connectivity index (χ3n) is 1.63. The molecule has 0 saturated carbocycles. The summed E-state index contributed by atoms with van der Waals surface area (Å²) in [6, 6.07) is -0.386. The van der Waals surface area contributed by atoms with Crippen LogP contribution in [0.15, 0.2) is 0 Å². The average Bonchev–Trinajstić information content (AvgIpc) is 1.95. The molecular weight excluding hydrogens is 212 g/mol. The average molecular weight is 232 g/mol. The second-order valence-electron chi connectivity index (χ2n) is 4.75. The Balaban J connectivity index is 4.31. The number of hydrogen-bond acceptors (Lipinski definition) is 3. The number of nitrogens with one attached hydrogen (secondary N) is 2. The maximum atomic E-state index is 11.4. The van der Waals surface area contributed by atoms with Crippen molar-refractivity contribution in [2.75, 3.05) is 0 Å². The maximum Gasteiger partial charge on any atom is 0.408 e. The summed E-state index contributed by atoms with van der Waals surface area (Å²) in [5.41, 5.74) is -0.523. The van der Waals surface area contributed by atoms with Crippen LogP contribution in [0.25, 0.3) is 0 Å². The normalized spacial score (nSPS) is 13.5. The zero-order valence-corrected chi connectivity index (χ0v) is 10.8. The van der Waals surface area contributed by atoms with Gasteiger partial charge in [-0.2, -0.15) is 0 Å². The van der Waals surface area contributed by atoms with E-state index in [1.54, 1.807) is 20.8 Å². The maximum absolute atomic E-state index is 11.4. The summed E-state index contributed by atoms with van der Waals surface area (Å²) < 4.78 is 5.09. The first-order valence-electron chi connectivity index (χ1n) is 4.90. The van der Waals surface area contributed by atoms with Crippen molar-refractivity contribution in [2.45, 2.75) is 46.3 Å². The van der Waals surface area contributed by atoms with Crippen LogP contribution in [0.4, 0.5) is 4.79 Å². The molecule has 0 radical (unpaired) electrons. The summed E-state index contributed by atoms with van der Waals surface area (Å²) in [4.78, 5) is 11.4. The van der Waals surface area contributed by atoms with Gasteiger partial charge in [0.05, 0.1) is 11.1 Å². The van der Waals surface area contributed by atoms with Crippen molar-refractivity contribution in [1.82, 2.24) is 5.32 Å². The van der Waals surface area contributed by atoms with Crippen molar-refractivity contribution in [3.05, 3.63) is 0 Å². The van der Waals surface area contributed by atoms with E-state index in [9.17, 15) is 4.79 Å². The number of hydrogen-bond donors (Lipinski definition) is 3. The van der Waals surface area contributed by atoms with Gasteiger partial charge in [0, 0.05) is 0 Å². The van der Waals surface area contributed by atoms with Gasteiger partial charge < -0.3 is 10.1 Å². The molecule has 0 fully saturated rings. The van der Waals surface area contributed by atoms with Crippen molar-refractivity contribution in [3.8, 4) is 0 Å². The van der Waals surface area contributed by atoms with Crippen LogP contribution in [0.2, 0.25) is 0 Å². The highest BCUT2D eigenvalue weighted by Crippen LogP contribution is 2.09. The van der Waals surface area contributed by atoms with E-state index in [-0.39, 0.29) is 17.0 Å². The summed E-state index contributed by atoms with van der Waals surface area (Å²) in [7, 11) is 0. The van der Waals surface area contributed by atoms with E-state index in [4.69, 9.17) is 10.1 Å². The van der Waals surface area contributed by atoms with Gasteiger partial charge >= 0.3 is 6.09 Å². The van der Waals surface area contributed by atoms with Gasteiger partial charge in [-0.1, -0.05) is 13.8 Å². The number of thiol groups is 1. The first-order chi connectivity index (χ1) is 6.63. The quantitative estimate of drug-likeness (QED) is 0.397. The summed E-state index contributed by atoms with van der Waals surface area (Å²) in [6.45, 7) is 9.20. The first-order valence-corrected chi connectivity index (χ1v) is 5.35. The van der Waals surface area contributed by atoms with Crippen LogP contribution in [0.3, 0.4) is 0 Å². The van der Waals surface area contributed by atoms with Gasteiger partial charge in [-0.05, 0) is 26.7 Å². The summed E-state index contributed by atoms with van der Waals surface area (Å²) in [5, 5.41) is 10.1. The Hall–Kier alpha value is -0.710. The highest BCUT2D eigenvalue weighted by molar-refractivity contribution is 7.97. The van der Waals surface area contributed by atoms with Crippen molar-refractivity contribution < 1.29 is 9.53 Å². The lowest BCUT2D eigenvalue weighted by atomic mass is 10.1. The lowest BCUT2D eigenvalue weighted by Crippen LogP contribution is -2.44. The first kappa shape index (κ1) is 14.3. The number of amides is 1. The van der Waals surface area contributed by atoms with Gasteiger partial charge in [0.1, 0.15) is 5.60 Å². The van der Waals surface area contributed by atoms with Gasteiger partial charge in [-0.25, -0.2) is 4.79 Å². The molecule has 15 heavy (non-hydrogen) atoms. The second kappa shape index (κ2) is 5.39. The van der Waals surface area contributed by atoms with E-state index in [2.05, 4.69) is 17.9 Å². The molecular formula is C10H20N2O2S. The number of ether oxygens (including phenoxy) is 1. The Morgan fingerprint density at radius 3 is 2.13 bits per heavy atom. The third-order valence-corrected chi connectivity index (χ3v) is 1.91. The molecule has 4 nitrogen and oxygen atoms in total. The Morgan fingerprint density at radius 2 is 1.87 bits per heavy atom. The van der Waals surface area contributed by atoms with E-state index in [1.165, 1.54) is 0 Å². The molecule has 0 aliphatic rings. The molecule has 0 rings (SSSR count). The summed E-state index contributed by atoms with van der Waals surface area (Å²) in [6.07, 6.45) is -0.514. The Kier molecular flexibility index (Phi) is 5.14. The molecule has 0 heterocycles. The Morgan fingerprint density at radius 1 is 1.40 bits per heavy atom. The van der Waals surface area contributed by atoms with Crippen LogP contribution >= 0.6 is 12.6 Å². The fraction of sp³-hybridized carbons (Fsp3) is 0.800. The van der Waals surface area contributed by atoms with Crippen LogP contribution in [0.1, 0.15) is 34.6 Å². The monoisotopic (exact) mass is 232 g/mol. The van der Waals surface area contributed by atoms with E-state index in [0.717, 1.165) is 0 Å². The number of carbonyl (C=O) groups excluding carboxylic acids is 1. The van der Waals surface area contributed by atoms with Gasteiger partial charge in [0.25, 0.3) is 0 Å². The molecule has 0 unspecified atom stereocenters. The predicted octanol–water partition coefficient (Wildman–Crippen LogP) is 2.44. The Labute approximate surface area is 96.7 Å². The van der Waals surface area contributed by atoms with Crippen LogP contribution in [-0.2, 0) is 4.74 Å². The van der Waals surface area contributed by atoms with E-state index in [0.29, 0.717) is 0 Å². The van der Waals surface area contributed by atoms with Gasteiger partial charge in [-0.15, -0.1) is 12.6 Å². The molecule has 1 amide bonds. The van der Waals surface area contributed by atoms with Crippen molar-refractivity contribution in [2.24, 2.45) is 5.92 Å². The molecule has 0 aromatic rings. The highest BCUT2D eigenvalue weighted by atomic mass is 32.1. The van der Waals surface area contributed by atoms with Crippen molar-refractivity contribution >= 4 is 23.8 Å². The highest BCUT2D eigenvalue weighted by Gasteiger charge is 2.22. The third kappa shape index (κ3) is 6.38. The molecule has 0 spiro atoms. The minimum Gasteiger partial charge on any atom is -0.444 e. The van der Waals surface area contributed by atoms with Crippen molar-refractivity contribution in [1.29, 1.82) is 5.41 Å². The lowest BCUT2D eigenvalue weighted by molar-refractivity contribution is 0.0509. The Bertz CT molecular complexity index is 246. The van der Waals surface area contributed by atoms with Crippen LogP contribution in [0.5, 0.6) is 0 Å². The van der Waals surface area contributed by atoms with E-state index < -0.39 is 11.7 Å². The van der Waals surface area contributed by atoms with Crippen molar-refractivity contribution in [3.63, 3.8) is 0 Å².